The lowest BCUT2D eigenvalue weighted by Gasteiger charge is -2.22. The molecule has 0 unspecified atom stereocenters. The number of carbonyl (C=O) groups is 2. The van der Waals surface area contributed by atoms with Crippen molar-refractivity contribution in [1.82, 2.24) is 10.6 Å². The van der Waals surface area contributed by atoms with E-state index in [0.29, 0.717) is 6.54 Å². The van der Waals surface area contributed by atoms with Crippen LogP contribution in [0.25, 0.3) is 0 Å². The first-order valence-corrected chi connectivity index (χ1v) is 7.63. The summed E-state index contributed by atoms with van der Waals surface area (Å²) in [5, 5.41) is 8.48. The summed E-state index contributed by atoms with van der Waals surface area (Å²) in [6.45, 7) is 0.344. The molecule has 0 saturated heterocycles. The number of amides is 3. The van der Waals surface area contributed by atoms with Gasteiger partial charge < -0.3 is 16.0 Å². The monoisotopic (exact) mass is 289 g/mol. The molecule has 3 N–H and O–H groups in total. The van der Waals surface area contributed by atoms with Crippen molar-refractivity contribution < 1.29 is 9.59 Å². The largest absolute Gasteiger partial charge is 0.338 e. The van der Waals surface area contributed by atoms with Gasteiger partial charge in [-0.2, -0.15) is 0 Å². The van der Waals surface area contributed by atoms with E-state index in [4.69, 9.17) is 0 Å². The van der Waals surface area contributed by atoms with Crippen molar-refractivity contribution in [2.75, 3.05) is 11.9 Å². The summed E-state index contributed by atoms with van der Waals surface area (Å²) in [5.41, 5.74) is 0.772. The van der Waals surface area contributed by atoms with Gasteiger partial charge in [-0.3, -0.25) is 4.79 Å². The number of nitrogens with one attached hydrogen (secondary N) is 3. The summed E-state index contributed by atoms with van der Waals surface area (Å²) in [5.74, 6) is -0.0980. The molecule has 2 rings (SSSR count). The lowest BCUT2D eigenvalue weighted by molar-refractivity contribution is -0.116. The van der Waals surface area contributed by atoms with Gasteiger partial charge >= 0.3 is 6.03 Å². The van der Waals surface area contributed by atoms with Crippen LogP contribution in [0, 0.1) is 0 Å². The van der Waals surface area contributed by atoms with Gasteiger partial charge in [-0.15, -0.1) is 0 Å². The Kier molecular flexibility index (Phi) is 6.06. The van der Waals surface area contributed by atoms with E-state index in [2.05, 4.69) is 16.0 Å². The van der Waals surface area contributed by atoms with Gasteiger partial charge in [-0.1, -0.05) is 37.5 Å². The van der Waals surface area contributed by atoms with Crippen LogP contribution in [0.2, 0.25) is 0 Å². The quantitative estimate of drug-likeness (QED) is 0.780. The highest BCUT2D eigenvalue weighted by Gasteiger charge is 2.15. The first kappa shape index (κ1) is 15.4. The van der Waals surface area contributed by atoms with E-state index >= 15 is 0 Å². The molecule has 0 aliphatic heterocycles. The standard InChI is InChI=1S/C16H23N3O2/c20-15(18-13-7-3-1-4-8-13)11-12-17-16(21)19-14-9-5-2-6-10-14/h1,3-4,7-8,14H,2,5-6,9-12H2,(H,18,20)(H2,17,19,21). The maximum absolute atomic E-state index is 11.7. The van der Waals surface area contributed by atoms with Gasteiger partial charge in [0.2, 0.25) is 5.91 Å². The Labute approximate surface area is 125 Å². The normalized spacial score (nSPS) is 15.2. The molecule has 1 aromatic carbocycles. The summed E-state index contributed by atoms with van der Waals surface area (Å²) in [6, 6.07) is 9.41. The average molecular weight is 289 g/mol. The number of urea groups is 1. The van der Waals surface area contributed by atoms with Gasteiger partial charge in [-0.25, -0.2) is 4.79 Å². The molecule has 0 radical (unpaired) electrons. The molecule has 0 heterocycles. The number of para-hydroxylation sites is 1. The van der Waals surface area contributed by atoms with Crippen LogP contribution < -0.4 is 16.0 Å². The second kappa shape index (κ2) is 8.29. The Balaban J connectivity index is 1.60. The predicted molar refractivity (Wildman–Crippen MR) is 83.1 cm³/mol. The average Bonchev–Trinajstić information content (AvgIpc) is 2.49. The molecule has 0 bridgehead atoms. The third-order valence-corrected chi connectivity index (χ3v) is 3.64. The van der Waals surface area contributed by atoms with E-state index in [1.165, 1.54) is 19.3 Å². The zero-order valence-corrected chi connectivity index (χ0v) is 12.2. The molecule has 1 aromatic rings. The Morgan fingerprint density at radius 3 is 2.48 bits per heavy atom. The van der Waals surface area contributed by atoms with Gasteiger partial charge in [0.15, 0.2) is 0 Å². The third-order valence-electron chi connectivity index (χ3n) is 3.64. The molecular weight excluding hydrogens is 266 g/mol. The molecule has 1 saturated carbocycles. The lowest BCUT2D eigenvalue weighted by atomic mass is 9.96. The smallest absolute Gasteiger partial charge is 0.315 e. The maximum Gasteiger partial charge on any atom is 0.315 e. The van der Waals surface area contributed by atoms with E-state index in [-0.39, 0.29) is 24.4 Å². The number of rotatable bonds is 5. The molecule has 114 valence electrons. The molecule has 0 atom stereocenters. The minimum absolute atomic E-state index is 0.0980. The van der Waals surface area contributed by atoms with Gasteiger partial charge in [0, 0.05) is 24.7 Å². The number of carbonyl (C=O) groups excluding carboxylic acids is 2. The van der Waals surface area contributed by atoms with E-state index in [1.54, 1.807) is 0 Å². The molecule has 5 nitrogen and oxygen atoms in total. The van der Waals surface area contributed by atoms with Crippen LogP contribution in [0.15, 0.2) is 30.3 Å². The van der Waals surface area contributed by atoms with Crippen LogP contribution in [0.1, 0.15) is 38.5 Å². The van der Waals surface area contributed by atoms with Crippen molar-refractivity contribution in [3.05, 3.63) is 30.3 Å². The molecule has 0 aromatic heterocycles. The van der Waals surface area contributed by atoms with Gasteiger partial charge in [-0.05, 0) is 25.0 Å². The highest BCUT2D eigenvalue weighted by Crippen LogP contribution is 2.17. The van der Waals surface area contributed by atoms with Gasteiger partial charge in [0.25, 0.3) is 0 Å². The Morgan fingerprint density at radius 2 is 1.76 bits per heavy atom. The van der Waals surface area contributed by atoms with Crippen LogP contribution in [0.5, 0.6) is 0 Å². The van der Waals surface area contributed by atoms with E-state index in [9.17, 15) is 9.59 Å². The fourth-order valence-electron chi connectivity index (χ4n) is 2.52. The van der Waals surface area contributed by atoms with Crippen molar-refractivity contribution in [2.45, 2.75) is 44.6 Å². The Bertz CT molecular complexity index is 456. The maximum atomic E-state index is 11.7. The second-order valence-corrected chi connectivity index (χ2v) is 5.40. The van der Waals surface area contributed by atoms with Gasteiger partial charge in [0.05, 0.1) is 0 Å². The summed E-state index contributed by atoms with van der Waals surface area (Å²) in [6.07, 6.45) is 6.02. The minimum atomic E-state index is -0.172. The minimum Gasteiger partial charge on any atom is -0.338 e. The first-order valence-electron chi connectivity index (χ1n) is 7.63. The molecule has 1 fully saturated rings. The zero-order chi connectivity index (χ0) is 14.9. The van der Waals surface area contributed by atoms with Crippen LogP contribution in [-0.2, 0) is 4.79 Å². The summed E-state index contributed by atoms with van der Waals surface area (Å²) in [4.78, 5) is 23.4. The van der Waals surface area contributed by atoms with E-state index in [0.717, 1.165) is 18.5 Å². The third kappa shape index (κ3) is 5.85. The second-order valence-electron chi connectivity index (χ2n) is 5.40. The number of anilines is 1. The molecule has 0 spiro atoms. The van der Waals surface area contributed by atoms with Crippen LogP contribution in [-0.4, -0.2) is 24.5 Å². The van der Waals surface area contributed by atoms with E-state index in [1.807, 2.05) is 30.3 Å². The van der Waals surface area contributed by atoms with Crippen LogP contribution in [0.3, 0.4) is 0 Å². The van der Waals surface area contributed by atoms with Crippen molar-refractivity contribution in [3.8, 4) is 0 Å². The van der Waals surface area contributed by atoms with Crippen molar-refractivity contribution in [2.24, 2.45) is 0 Å². The van der Waals surface area contributed by atoms with E-state index < -0.39 is 0 Å². The van der Waals surface area contributed by atoms with Crippen molar-refractivity contribution in [1.29, 1.82) is 0 Å². The SMILES string of the molecule is O=C(CCNC(=O)NC1CCCCC1)Nc1ccccc1. The number of hydrogen-bond acceptors (Lipinski definition) is 2. The molecule has 5 heteroatoms. The number of hydrogen-bond donors (Lipinski definition) is 3. The van der Waals surface area contributed by atoms with Crippen molar-refractivity contribution in [3.63, 3.8) is 0 Å². The highest BCUT2D eigenvalue weighted by atomic mass is 16.2. The van der Waals surface area contributed by atoms with Crippen molar-refractivity contribution >= 4 is 17.6 Å². The topological polar surface area (TPSA) is 70.2 Å². The van der Waals surface area contributed by atoms with Crippen LogP contribution >= 0.6 is 0 Å². The fraction of sp³-hybridized carbons (Fsp3) is 0.500. The zero-order valence-electron chi connectivity index (χ0n) is 12.2. The molecular formula is C16H23N3O2. The Hall–Kier alpha value is -2.04. The van der Waals surface area contributed by atoms with Crippen LogP contribution in [0.4, 0.5) is 10.5 Å². The fourth-order valence-corrected chi connectivity index (χ4v) is 2.52. The first-order chi connectivity index (χ1) is 10.2. The predicted octanol–water partition coefficient (Wildman–Crippen LogP) is 2.65. The number of benzene rings is 1. The lowest BCUT2D eigenvalue weighted by Crippen LogP contribution is -2.43. The highest BCUT2D eigenvalue weighted by molar-refractivity contribution is 5.91. The molecule has 21 heavy (non-hydrogen) atoms. The summed E-state index contributed by atoms with van der Waals surface area (Å²) in [7, 11) is 0. The summed E-state index contributed by atoms with van der Waals surface area (Å²) < 4.78 is 0. The molecule has 1 aliphatic carbocycles. The molecule has 1 aliphatic rings. The molecule has 3 amide bonds. The summed E-state index contributed by atoms with van der Waals surface area (Å²) >= 11 is 0. The Morgan fingerprint density at radius 1 is 1.05 bits per heavy atom. The van der Waals surface area contributed by atoms with Gasteiger partial charge in [0.1, 0.15) is 0 Å².